The summed E-state index contributed by atoms with van der Waals surface area (Å²) >= 11 is 0. The second-order valence-corrected chi connectivity index (χ2v) is 12.5. The maximum atomic E-state index is 12.2. The molecule has 0 bridgehead atoms. The van der Waals surface area contributed by atoms with Gasteiger partial charge in [0, 0.05) is 20.9 Å². The van der Waals surface area contributed by atoms with E-state index in [-0.39, 0.29) is 31.3 Å². The lowest BCUT2D eigenvalue weighted by atomic mass is 9.79. The van der Waals surface area contributed by atoms with Gasteiger partial charge < -0.3 is 9.47 Å². The van der Waals surface area contributed by atoms with E-state index in [1.807, 2.05) is 0 Å². The van der Waals surface area contributed by atoms with E-state index in [0.717, 1.165) is 6.42 Å². The molecule has 5 nitrogen and oxygen atoms in total. The topological polar surface area (TPSA) is 69.7 Å². The number of carbonyl (C=O) groups is 3. The van der Waals surface area contributed by atoms with E-state index in [1.54, 1.807) is 13.8 Å². The fourth-order valence-corrected chi connectivity index (χ4v) is 4.89. The van der Waals surface area contributed by atoms with Crippen molar-refractivity contribution in [2.75, 3.05) is 13.2 Å². The zero-order chi connectivity index (χ0) is 16.9. The number of ether oxygens (including phenoxy) is 2. The highest BCUT2D eigenvalue weighted by atomic mass is 28.3. The molecule has 0 aromatic rings. The van der Waals surface area contributed by atoms with Gasteiger partial charge in [0.2, 0.25) is 0 Å². The number of esters is 2. The zero-order valence-electron chi connectivity index (χ0n) is 14.3. The minimum absolute atomic E-state index is 0.141. The first kappa shape index (κ1) is 18.9. The second-order valence-electron chi connectivity index (χ2n) is 6.99. The van der Waals surface area contributed by atoms with Crippen LogP contribution in [0.5, 0.6) is 0 Å². The molecule has 1 rings (SSSR count). The third kappa shape index (κ3) is 4.93. The highest BCUT2D eigenvalue weighted by Gasteiger charge is 2.44. The SMILES string of the molecule is CCOC(=O)C(C(=O)OCC)[C@H]1CC(=O)C[C@H]([Si](C)(C)C)C1. The van der Waals surface area contributed by atoms with Gasteiger partial charge in [-0.05, 0) is 31.7 Å². The Balaban J connectivity index is 2.99. The fourth-order valence-electron chi connectivity index (χ4n) is 3.04. The van der Waals surface area contributed by atoms with E-state index >= 15 is 0 Å². The third-order valence-corrected chi connectivity index (χ3v) is 7.22. The summed E-state index contributed by atoms with van der Waals surface area (Å²) in [4.78, 5) is 36.5. The summed E-state index contributed by atoms with van der Waals surface area (Å²) in [5, 5.41) is 0. The molecule has 0 N–H and O–H groups in total. The largest absolute Gasteiger partial charge is 0.465 e. The van der Waals surface area contributed by atoms with Crippen LogP contribution in [0.4, 0.5) is 0 Å². The maximum absolute atomic E-state index is 12.2. The summed E-state index contributed by atoms with van der Waals surface area (Å²) in [6.45, 7) is 10.5. The molecule has 1 saturated carbocycles. The van der Waals surface area contributed by atoms with Crippen LogP contribution in [0.25, 0.3) is 0 Å². The molecule has 0 radical (unpaired) electrons. The number of rotatable bonds is 6. The molecule has 0 amide bonds. The molecule has 0 heterocycles. The van der Waals surface area contributed by atoms with Crippen molar-refractivity contribution in [3.8, 4) is 0 Å². The molecule has 1 aliphatic carbocycles. The number of hydrogen-bond donors (Lipinski definition) is 0. The van der Waals surface area contributed by atoms with Crippen LogP contribution in [0.15, 0.2) is 0 Å². The van der Waals surface area contributed by atoms with Gasteiger partial charge in [0.1, 0.15) is 5.78 Å². The maximum Gasteiger partial charge on any atom is 0.320 e. The minimum Gasteiger partial charge on any atom is -0.465 e. The van der Waals surface area contributed by atoms with Gasteiger partial charge >= 0.3 is 11.9 Å². The van der Waals surface area contributed by atoms with E-state index in [2.05, 4.69) is 19.6 Å². The molecule has 0 aromatic carbocycles. The summed E-state index contributed by atoms with van der Waals surface area (Å²) in [7, 11) is -1.52. The van der Waals surface area contributed by atoms with Crippen LogP contribution < -0.4 is 0 Å². The number of Topliss-reactive ketones (excluding diaryl/α,β-unsaturated/α-hetero) is 1. The third-order valence-electron chi connectivity index (χ3n) is 4.33. The molecular weight excluding hydrogens is 300 g/mol. The quantitative estimate of drug-likeness (QED) is 0.426. The van der Waals surface area contributed by atoms with Gasteiger partial charge in [0.15, 0.2) is 5.92 Å². The number of ketones is 1. The Kier molecular flexibility index (Phi) is 6.78. The Labute approximate surface area is 133 Å². The predicted molar refractivity (Wildman–Crippen MR) is 86.2 cm³/mol. The van der Waals surface area contributed by atoms with Crippen LogP contribution in [0.2, 0.25) is 25.2 Å². The lowest BCUT2D eigenvalue weighted by Gasteiger charge is -2.37. The average molecular weight is 328 g/mol. The van der Waals surface area contributed by atoms with E-state index in [4.69, 9.17) is 9.47 Å². The van der Waals surface area contributed by atoms with E-state index < -0.39 is 25.9 Å². The van der Waals surface area contributed by atoms with Crippen molar-refractivity contribution in [3.05, 3.63) is 0 Å². The standard InChI is InChI=1S/C16H28O5Si/c1-6-20-15(18)14(16(19)21-7-2)11-8-12(17)10-13(9-11)22(3,4)5/h11,13-14H,6-10H2,1-5H3/t11-,13+/m0/s1. The Morgan fingerprint density at radius 3 is 2.00 bits per heavy atom. The first-order valence-electron chi connectivity index (χ1n) is 8.05. The van der Waals surface area contributed by atoms with E-state index in [0.29, 0.717) is 12.0 Å². The second kappa shape index (κ2) is 7.90. The highest BCUT2D eigenvalue weighted by molar-refractivity contribution is 6.77. The lowest BCUT2D eigenvalue weighted by molar-refractivity contribution is -0.165. The van der Waals surface area contributed by atoms with E-state index in [9.17, 15) is 14.4 Å². The first-order chi connectivity index (χ1) is 10.2. The number of hydrogen-bond acceptors (Lipinski definition) is 5. The van der Waals surface area contributed by atoms with Crippen molar-refractivity contribution in [1.82, 2.24) is 0 Å². The molecule has 126 valence electrons. The molecule has 1 aliphatic rings. The van der Waals surface area contributed by atoms with Gasteiger partial charge in [0.25, 0.3) is 0 Å². The van der Waals surface area contributed by atoms with Crippen LogP contribution in [0, 0.1) is 11.8 Å². The summed E-state index contributed by atoms with van der Waals surface area (Å²) in [6.07, 6.45) is 1.57. The molecule has 0 unspecified atom stereocenters. The number of carbonyl (C=O) groups excluding carboxylic acids is 3. The first-order valence-corrected chi connectivity index (χ1v) is 11.6. The van der Waals surface area contributed by atoms with Crippen LogP contribution in [-0.4, -0.2) is 39.0 Å². The van der Waals surface area contributed by atoms with E-state index in [1.165, 1.54) is 0 Å². The minimum atomic E-state index is -1.52. The fraction of sp³-hybridized carbons (Fsp3) is 0.812. The van der Waals surface area contributed by atoms with Crippen molar-refractivity contribution in [3.63, 3.8) is 0 Å². The molecule has 0 saturated heterocycles. The zero-order valence-corrected chi connectivity index (χ0v) is 15.3. The van der Waals surface area contributed by atoms with Gasteiger partial charge in [-0.25, -0.2) is 0 Å². The van der Waals surface area contributed by atoms with Crippen LogP contribution >= 0.6 is 0 Å². The Morgan fingerprint density at radius 1 is 1.09 bits per heavy atom. The van der Waals surface area contributed by atoms with Gasteiger partial charge in [-0.3, -0.25) is 14.4 Å². The van der Waals surface area contributed by atoms with Crippen LogP contribution in [0.3, 0.4) is 0 Å². The molecule has 22 heavy (non-hydrogen) atoms. The molecule has 2 atom stereocenters. The molecule has 6 heteroatoms. The predicted octanol–water partition coefficient (Wildman–Crippen LogP) is 2.81. The van der Waals surface area contributed by atoms with Crippen molar-refractivity contribution < 1.29 is 23.9 Å². The molecule has 0 aliphatic heterocycles. The Hall–Kier alpha value is -1.17. The molecule has 0 spiro atoms. The molecule has 1 fully saturated rings. The van der Waals surface area contributed by atoms with Crippen molar-refractivity contribution >= 4 is 25.8 Å². The van der Waals surface area contributed by atoms with Gasteiger partial charge in [-0.2, -0.15) is 0 Å². The van der Waals surface area contributed by atoms with Gasteiger partial charge in [0.05, 0.1) is 13.2 Å². The summed E-state index contributed by atoms with van der Waals surface area (Å²) in [6, 6.07) is 0. The smallest absolute Gasteiger partial charge is 0.320 e. The van der Waals surface area contributed by atoms with Crippen molar-refractivity contribution in [2.45, 2.75) is 58.3 Å². The lowest BCUT2D eigenvalue weighted by Crippen LogP contribution is -2.42. The normalized spacial score (nSPS) is 22.5. The van der Waals surface area contributed by atoms with Crippen LogP contribution in [0.1, 0.15) is 33.1 Å². The average Bonchev–Trinajstić information content (AvgIpc) is 2.37. The van der Waals surface area contributed by atoms with Crippen LogP contribution in [-0.2, 0) is 23.9 Å². The Morgan fingerprint density at radius 2 is 1.59 bits per heavy atom. The summed E-state index contributed by atoms with van der Waals surface area (Å²) in [5.74, 6) is -2.24. The van der Waals surface area contributed by atoms with Crippen molar-refractivity contribution in [1.29, 1.82) is 0 Å². The summed E-state index contributed by atoms with van der Waals surface area (Å²) in [5.41, 5.74) is 0.296. The Bertz CT molecular complexity index is 409. The van der Waals surface area contributed by atoms with Gasteiger partial charge in [-0.15, -0.1) is 0 Å². The molecular formula is C16H28O5Si. The molecule has 0 aromatic heterocycles. The highest BCUT2D eigenvalue weighted by Crippen LogP contribution is 2.41. The van der Waals surface area contributed by atoms with Crippen molar-refractivity contribution in [2.24, 2.45) is 11.8 Å². The monoisotopic (exact) mass is 328 g/mol. The van der Waals surface area contributed by atoms with Gasteiger partial charge in [-0.1, -0.05) is 19.6 Å². The summed E-state index contributed by atoms with van der Waals surface area (Å²) < 4.78 is 10.1.